The highest BCUT2D eigenvalue weighted by atomic mass is 19.1. The minimum absolute atomic E-state index is 0.114. The third kappa shape index (κ3) is 2.68. The lowest BCUT2D eigenvalue weighted by Gasteiger charge is -2.35. The Morgan fingerprint density at radius 3 is 2.69 bits per heavy atom. The molecule has 0 aromatic carbocycles. The van der Waals surface area contributed by atoms with Gasteiger partial charge in [0.15, 0.2) is 6.17 Å². The summed E-state index contributed by atoms with van der Waals surface area (Å²) in [7, 11) is 0. The molecule has 0 spiro atoms. The van der Waals surface area contributed by atoms with Crippen molar-refractivity contribution in [2.24, 2.45) is 11.3 Å². The molecule has 0 bridgehead atoms. The summed E-state index contributed by atoms with van der Waals surface area (Å²) in [5.74, 6) is -1.58. The first-order chi connectivity index (χ1) is 5.92. The fourth-order valence-electron chi connectivity index (χ4n) is 2.21. The van der Waals surface area contributed by atoms with Gasteiger partial charge in [-0.05, 0) is 24.7 Å². The van der Waals surface area contributed by atoms with Crippen LogP contribution in [0.5, 0.6) is 0 Å². The fourth-order valence-corrected chi connectivity index (χ4v) is 2.21. The van der Waals surface area contributed by atoms with Gasteiger partial charge in [0.25, 0.3) is 0 Å². The monoisotopic (exact) mass is 188 g/mol. The molecule has 3 heteroatoms. The Labute approximate surface area is 78.1 Å². The zero-order valence-corrected chi connectivity index (χ0v) is 8.22. The third-order valence-corrected chi connectivity index (χ3v) is 2.89. The maximum atomic E-state index is 13.2. The lowest BCUT2D eigenvalue weighted by atomic mass is 9.71. The van der Waals surface area contributed by atoms with Crippen LogP contribution in [0.4, 0.5) is 4.39 Å². The molecule has 1 N–H and O–H groups in total. The molecule has 1 rings (SSSR count). The first-order valence-corrected chi connectivity index (χ1v) is 4.79. The second-order valence-electron chi connectivity index (χ2n) is 4.76. The van der Waals surface area contributed by atoms with E-state index in [-0.39, 0.29) is 11.3 Å². The molecule has 0 aromatic heterocycles. The number of aliphatic carboxylic acids is 1. The van der Waals surface area contributed by atoms with Crippen LogP contribution in [0.15, 0.2) is 0 Å². The van der Waals surface area contributed by atoms with Crippen molar-refractivity contribution in [2.75, 3.05) is 0 Å². The van der Waals surface area contributed by atoms with Gasteiger partial charge < -0.3 is 5.11 Å². The molecule has 76 valence electrons. The molecule has 2 atom stereocenters. The van der Waals surface area contributed by atoms with Crippen molar-refractivity contribution in [1.29, 1.82) is 0 Å². The smallest absolute Gasteiger partial charge is 0.338 e. The van der Waals surface area contributed by atoms with Crippen LogP contribution in [-0.2, 0) is 4.79 Å². The summed E-state index contributed by atoms with van der Waals surface area (Å²) in [4.78, 5) is 10.4. The summed E-state index contributed by atoms with van der Waals surface area (Å²) in [5.41, 5.74) is 0.114. The highest BCUT2D eigenvalue weighted by molar-refractivity contribution is 5.72. The molecule has 2 nitrogen and oxygen atoms in total. The van der Waals surface area contributed by atoms with E-state index in [0.29, 0.717) is 6.42 Å². The van der Waals surface area contributed by atoms with Crippen molar-refractivity contribution in [2.45, 2.75) is 45.7 Å². The topological polar surface area (TPSA) is 37.3 Å². The predicted octanol–water partition coefficient (Wildman–Crippen LogP) is 2.63. The van der Waals surface area contributed by atoms with Crippen LogP contribution in [0.3, 0.4) is 0 Å². The largest absolute Gasteiger partial charge is 0.479 e. The van der Waals surface area contributed by atoms with Crippen molar-refractivity contribution < 1.29 is 14.3 Å². The maximum absolute atomic E-state index is 13.2. The van der Waals surface area contributed by atoms with Crippen LogP contribution in [0.2, 0.25) is 0 Å². The second-order valence-corrected chi connectivity index (χ2v) is 4.76. The van der Waals surface area contributed by atoms with Gasteiger partial charge in [-0.3, -0.25) is 0 Å². The number of hydrogen-bond acceptors (Lipinski definition) is 1. The van der Waals surface area contributed by atoms with Gasteiger partial charge in [-0.2, -0.15) is 0 Å². The molecule has 0 aliphatic heterocycles. The predicted molar refractivity (Wildman–Crippen MR) is 48.3 cm³/mol. The first-order valence-electron chi connectivity index (χ1n) is 4.79. The van der Waals surface area contributed by atoms with Crippen LogP contribution < -0.4 is 0 Å². The van der Waals surface area contributed by atoms with E-state index in [9.17, 15) is 9.18 Å². The van der Waals surface area contributed by atoms with E-state index >= 15 is 0 Å². The maximum Gasteiger partial charge on any atom is 0.338 e. The van der Waals surface area contributed by atoms with E-state index in [1.807, 2.05) is 0 Å². The summed E-state index contributed by atoms with van der Waals surface area (Å²) < 4.78 is 13.2. The Morgan fingerprint density at radius 1 is 1.62 bits per heavy atom. The van der Waals surface area contributed by atoms with Gasteiger partial charge in [0, 0.05) is 5.92 Å². The number of rotatable bonds is 2. The second kappa shape index (κ2) is 3.64. The Kier molecular flexibility index (Phi) is 2.94. The van der Waals surface area contributed by atoms with Gasteiger partial charge in [-0.15, -0.1) is 0 Å². The van der Waals surface area contributed by atoms with Crippen molar-refractivity contribution in [3.05, 3.63) is 0 Å². The number of hydrogen-bond donors (Lipinski definition) is 1. The zero-order chi connectivity index (χ0) is 10.1. The quantitative estimate of drug-likeness (QED) is 0.723. The zero-order valence-electron chi connectivity index (χ0n) is 8.22. The number of carbonyl (C=O) groups is 1. The lowest BCUT2D eigenvalue weighted by molar-refractivity contribution is -0.146. The average Bonchev–Trinajstić information content (AvgIpc) is 2.01. The highest BCUT2D eigenvalue weighted by Crippen LogP contribution is 2.40. The van der Waals surface area contributed by atoms with Crippen molar-refractivity contribution in [3.8, 4) is 0 Å². The molecule has 2 unspecified atom stereocenters. The SMILES string of the molecule is CC1(C)CCCC(C(F)C(=O)O)C1. The van der Waals surface area contributed by atoms with Crippen LogP contribution in [0.25, 0.3) is 0 Å². The van der Waals surface area contributed by atoms with Crippen LogP contribution >= 0.6 is 0 Å². The molecule has 1 aliphatic rings. The molecular formula is C10H17FO2. The van der Waals surface area contributed by atoms with Gasteiger partial charge in [-0.25, -0.2) is 9.18 Å². The summed E-state index contributed by atoms with van der Waals surface area (Å²) >= 11 is 0. The number of carboxylic acid groups (broad SMARTS) is 1. The van der Waals surface area contributed by atoms with E-state index in [2.05, 4.69) is 13.8 Å². The average molecular weight is 188 g/mol. The molecule has 1 fully saturated rings. The normalized spacial score (nSPS) is 29.6. The highest BCUT2D eigenvalue weighted by Gasteiger charge is 2.35. The Bertz CT molecular complexity index is 201. The van der Waals surface area contributed by atoms with Gasteiger partial charge in [-0.1, -0.05) is 20.3 Å². The van der Waals surface area contributed by atoms with Crippen LogP contribution in [0, 0.1) is 11.3 Å². The lowest BCUT2D eigenvalue weighted by Crippen LogP contribution is -2.32. The molecule has 0 heterocycles. The summed E-state index contributed by atoms with van der Waals surface area (Å²) in [6, 6.07) is 0. The van der Waals surface area contributed by atoms with E-state index in [4.69, 9.17) is 5.11 Å². The Balaban J connectivity index is 2.56. The number of halogens is 1. The summed E-state index contributed by atoms with van der Waals surface area (Å²) in [6.07, 6.45) is 1.78. The minimum Gasteiger partial charge on any atom is -0.479 e. The Hall–Kier alpha value is -0.600. The van der Waals surface area contributed by atoms with Crippen LogP contribution in [0.1, 0.15) is 39.5 Å². The molecule has 0 aromatic rings. The van der Waals surface area contributed by atoms with E-state index in [0.717, 1.165) is 19.3 Å². The summed E-state index contributed by atoms with van der Waals surface area (Å²) in [6.45, 7) is 4.15. The van der Waals surface area contributed by atoms with E-state index < -0.39 is 12.1 Å². The van der Waals surface area contributed by atoms with Gasteiger partial charge in [0.1, 0.15) is 0 Å². The summed E-state index contributed by atoms with van der Waals surface area (Å²) in [5, 5.41) is 8.53. The van der Waals surface area contributed by atoms with E-state index in [1.54, 1.807) is 0 Å². The van der Waals surface area contributed by atoms with Gasteiger partial charge >= 0.3 is 5.97 Å². The van der Waals surface area contributed by atoms with Crippen molar-refractivity contribution >= 4 is 5.97 Å². The van der Waals surface area contributed by atoms with E-state index in [1.165, 1.54) is 0 Å². The molecule has 0 radical (unpaired) electrons. The third-order valence-electron chi connectivity index (χ3n) is 2.89. The molecule has 1 aliphatic carbocycles. The fraction of sp³-hybridized carbons (Fsp3) is 0.900. The number of carboxylic acids is 1. The molecule has 1 saturated carbocycles. The first kappa shape index (κ1) is 10.5. The molecule has 13 heavy (non-hydrogen) atoms. The van der Waals surface area contributed by atoms with Gasteiger partial charge in [0.05, 0.1) is 0 Å². The van der Waals surface area contributed by atoms with Crippen molar-refractivity contribution in [1.82, 2.24) is 0 Å². The Morgan fingerprint density at radius 2 is 2.23 bits per heavy atom. The minimum atomic E-state index is -1.67. The molecule has 0 amide bonds. The molecular weight excluding hydrogens is 171 g/mol. The van der Waals surface area contributed by atoms with Crippen LogP contribution in [-0.4, -0.2) is 17.2 Å². The van der Waals surface area contributed by atoms with Crippen molar-refractivity contribution in [3.63, 3.8) is 0 Å². The standard InChI is InChI=1S/C10H17FO2/c1-10(2)5-3-4-7(6-10)8(11)9(12)13/h7-8H,3-6H2,1-2H3,(H,12,13). The molecule has 0 saturated heterocycles. The number of alkyl halides is 1. The van der Waals surface area contributed by atoms with Gasteiger partial charge in [0.2, 0.25) is 0 Å².